The summed E-state index contributed by atoms with van der Waals surface area (Å²) in [7, 11) is 0. The zero-order valence-corrected chi connectivity index (χ0v) is 10.3. The fourth-order valence-corrected chi connectivity index (χ4v) is 1.32. The number of halogens is 3. The summed E-state index contributed by atoms with van der Waals surface area (Å²) in [5, 5.41) is 11.5. The fourth-order valence-electron chi connectivity index (χ4n) is 1.32. The highest BCUT2D eigenvalue weighted by Crippen LogP contribution is 2.22. The Morgan fingerprint density at radius 2 is 2.11 bits per heavy atom. The Labute approximate surface area is 107 Å². The summed E-state index contributed by atoms with van der Waals surface area (Å²) in [6.45, 7) is 0.797. The molecular formula is C11H12F3NO4. The predicted molar refractivity (Wildman–Crippen MR) is 57.2 cm³/mol. The molecule has 0 spiro atoms. The lowest BCUT2D eigenvalue weighted by Crippen LogP contribution is -2.33. The van der Waals surface area contributed by atoms with E-state index in [1.54, 1.807) is 0 Å². The standard InChI is InChI=1S/C11H12F3NO4/c1-7-9(5-18-8(2)16)15(17)4-3-10(7)19-6-11(12,13)14/h3-4H,5-6H2,1-2H3. The van der Waals surface area contributed by atoms with Crippen LogP contribution in [0.2, 0.25) is 0 Å². The second-order valence-corrected chi connectivity index (χ2v) is 3.76. The van der Waals surface area contributed by atoms with Gasteiger partial charge in [0.2, 0.25) is 5.69 Å². The second kappa shape index (κ2) is 5.77. The van der Waals surface area contributed by atoms with Crippen LogP contribution >= 0.6 is 0 Å². The lowest BCUT2D eigenvalue weighted by Gasteiger charge is -2.13. The molecule has 0 bridgehead atoms. The van der Waals surface area contributed by atoms with Crippen LogP contribution in [0.4, 0.5) is 13.2 Å². The van der Waals surface area contributed by atoms with Crippen LogP contribution in [0.5, 0.6) is 5.75 Å². The number of alkyl halides is 3. The molecule has 106 valence electrons. The molecule has 8 heteroatoms. The molecule has 0 radical (unpaired) electrons. The van der Waals surface area contributed by atoms with Gasteiger partial charge in [0.1, 0.15) is 5.75 Å². The number of esters is 1. The summed E-state index contributed by atoms with van der Waals surface area (Å²) in [5.41, 5.74) is 0.220. The van der Waals surface area contributed by atoms with Crippen molar-refractivity contribution in [1.82, 2.24) is 0 Å². The zero-order chi connectivity index (χ0) is 14.6. The number of carbonyl (C=O) groups is 1. The molecule has 19 heavy (non-hydrogen) atoms. The maximum atomic E-state index is 12.0. The van der Waals surface area contributed by atoms with E-state index in [1.807, 2.05) is 0 Å². The summed E-state index contributed by atoms with van der Waals surface area (Å²) in [4.78, 5) is 10.7. The molecule has 0 aromatic carbocycles. The monoisotopic (exact) mass is 279 g/mol. The minimum Gasteiger partial charge on any atom is -0.618 e. The minimum atomic E-state index is -4.47. The number of rotatable bonds is 4. The van der Waals surface area contributed by atoms with E-state index in [2.05, 4.69) is 9.47 Å². The first kappa shape index (κ1) is 15.1. The quantitative estimate of drug-likeness (QED) is 0.477. The topological polar surface area (TPSA) is 62.5 Å². The Morgan fingerprint density at radius 3 is 2.63 bits per heavy atom. The average molecular weight is 279 g/mol. The van der Waals surface area contributed by atoms with Crippen molar-refractivity contribution in [2.45, 2.75) is 26.6 Å². The first-order chi connectivity index (χ1) is 8.70. The SMILES string of the molecule is CC(=O)OCc1c(C)c(OCC(F)(F)F)cc[n+]1[O-]. The molecule has 5 nitrogen and oxygen atoms in total. The Balaban J connectivity index is 2.90. The van der Waals surface area contributed by atoms with E-state index in [9.17, 15) is 23.2 Å². The van der Waals surface area contributed by atoms with Gasteiger partial charge in [-0.3, -0.25) is 4.79 Å². The van der Waals surface area contributed by atoms with Gasteiger partial charge in [0, 0.05) is 13.0 Å². The molecule has 1 rings (SSSR count). The molecule has 0 unspecified atom stereocenters. The van der Waals surface area contributed by atoms with Crippen molar-refractivity contribution in [2.24, 2.45) is 0 Å². The summed E-state index contributed by atoms with van der Waals surface area (Å²) in [6, 6.07) is 1.13. The Hall–Kier alpha value is -1.99. The number of aromatic nitrogens is 1. The molecule has 0 atom stereocenters. The van der Waals surface area contributed by atoms with Crippen LogP contribution in [0.25, 0.3) is 0 Å². The average Bonchev–Trinajstić information content (AvgIpc) is 2.26. The molecule has 0 saturated heterocycles. The van der Waals surface area contributed by atoms with Crippen LogP contribution in [-0.4, -0.2) is 18.8 Å². The van der Waals surface area contributed by atoms with E-state index in [4.69, 9.17) is 0 Å². The highest BCUT2D eigenvalue weighted by Gasteiger charge is 2.29. The summed E-state index contributed by atoms with van der Waals surface area (Å²) in [6.07, 6.45) is -3.47. The molecule has 0 aliphatic carbocycles. The molecule has 0 saturated carbocycles. The Bertz CT molecular complexity index is 474. The van der Waals surface area contributed by atoms with Crippen LogP contribution in [0.15, 0.2) is 12.3 Å². The number of ether oxygens (including phenoxy) is 2. The summed E-state index contributed by atoms with van der Waals surface area (Å²) >= 11 is 0. The molecule has 0 fully saturated rings. The van der Waals surface area contributed by atoms with Crippen LogP contribution < -0.4 is 9.47 Å². The van der Waals surface area contributed by atoms with Crippen molar-refractivity contribution in [2.75, 3.05) is 6.61 Å². The number of pyridine rings is 1. The Morgan fingerprint density at radius 1 is 1.47 bits per heavy atom. The molecule has 1 aromatic heterocycles. The zero-order valence-electron chi connectivity index (χ0n) is 10.3. The van der Waals surface area contributed by atoms with Crippen molar-refractivity contribution in [3.8, 4) is 5.75 Å². The number of nitrogens with zero attached hydrogens (tertiary/aromatic N) is 1. The van der Waals surface area contributed by atoms with E-state index in [-0.39, 0.29) is 23.6 Å². The maximum absolute atomic E-state index is 12.0. The van der Waals surface area contributed by atoms with Crippen LogP contribution in [0.3, 0.4) is 0 Å². The molecule has 1 aromatic rings. The third kappa shape index (κ3) is 4.65. The largest absolute Gasteiger partial charge is 0.618 e. The maximum Gasteiger partial charge on any atom is 0.422 e. The molecule has 0 aliphatic rings. The van der Waals surface area contributed by atoms with E-state index < -0.39 is 18.8 Å². The first-order valence-corrected chi connectivity index (χ1v) is 5.25. The van der Waals surface area contributed by atoms with Gasteiger partial charge in [0.25, 0.3) is 0 Å². The number of hydrogen-bond acceptors (Lipinski definition) is 4. The molecular weight excluding hydrogens is 267 g/mol. The lowest BCUT2D eigenvalue weighted by molar-refractivity contribution is -0.616. The normalized spacial score (nSPS) is 11.2. The third-order valence-corrected chi connectivity index (χ3v) is 2.23. The first-order valence-electron chi connectivity index (χ1n) is 5.25. The van der Waals surface area contributed by atoms with Gasteiger partial charge in [-0.25, -0.2) is 0 Å². The fraction of sp³-hybridized carbons (Fsp3) is 0.455. The second-order valence-electron chi connectivity index (χ2n) is 3.76. The minimum absolute atomic E-state index is 0.0230. The van der Waals surface area contributed by atoms with Gasteiger partial charge in [-0.2, -0.15) is 17.9 Å². The van der Waals surface area contributed by atoms with Gasteiger partial charge in [-0.15, -0.1) is 0 Å². The molecule has 0 amide bonds. The van der Waals surface area contributed by atoms with Gasteiger partial charge >= 0.3 is 12.1 Å². The van der Waals surface area contributed by atoms with Crippen molar-refractivity contribution < 1.29 is 32.2 Å². The van der Waals surface area contributed by atoms with Crippen molar-refractivity contribution in [3.63, 3.8) is 0 Å². The lowest BCUT2D eigenvalue weighted by atomic mass is 10.2. The van der Waals surface area contributed by atoms with Gasteiger partial charge in [-0.05, 0) is 6.92 Å². The van der Waals surface area contributed by atoms with E-state index >= 15 is 0 Å². The van der Waals surface area contributed by atoms with Gasteiger partial charge in [-0.1, -0.05) is 0 Å². The summed E-state index contributed by atoms with van der Waals surface area (Å²) in [5.74, 6) is -0.674. The highest BCUT2D eigenvalue weighted by atomic mass is 19.4. The van der Waals surface area contributed by atoms with Gasteiger partial charge in [0.05, 0.1) is 5.56 Å². The molecule has 0 N–H and O–H groups in total. The third-order valence-electron chi connectivity index (χ3n) is 2.23. The van der Waals surface area contributed by atoms with Crippen LogP contribution in [0.1, 0.15) is 18.2 Å². The van der Waals surface area contributed by atoms with Gasteiger partial charge < -0.3 is 14.7 Å². The van der Waals surface area contributed by atoms with E-state index in [1.165, 1.54) is 6.92 Å². The predicted octanol–water partition coefficient (Wildman–Crippen LogP) is 1.63. The Kier molecular flexibility index (Phi) is 4.57. The van der Waals surface area contributed by atoms with Crippen molar-refractivity contribution >= 4 is 5.97 Å². The van der Waals surface area contributed by atoms with Crippen LogP contribution in [0, 0.1) is 12.1 Å². The number of hydrogen-bond donors (Lipinski definition) is 0. The molecule has 0 aliphatic heterocycles. The highest BCUT2D eigenvalue weighted by molar-refractivity contribution is 5.65. The van der Waals surface area contributed by atoms with Gasteiger partial charge in [0.15, 0.2) is 19.4 Å². The van der Waals surface area contributed by atoms with Crippen molar-refractivity contribution in [1.29, 1.82) is 0 Å². The molecule has 1 heterocycles. The smallest absolute Gasteiger partial charge is 0.422 e. The summed E-state index contributed by atoms with van der Waals surface area (Å²) < 4.78 is 45.8. The number of carbonyl (C=O) groups excluding carboxylic acids is 1. The van der Waals surface area contributed by atoms with E-state index in [0.29, 0.717) is 4.73 Å². The van der Waals surface area contributed by atoms with Crippen molar-refractivity contribution in [3.05, 3.63) is 28.7 Å². The van der Waals surface area contributed by atoms with E-state index in [0.717, 1.165) is 19.2 Å². The van der Waals surface area contributed by atoms with Crippen LogP contribution in [-0.2, 0) is 16.1 Å².